The third-order valence-electron chi connectivity index (χ3n) is 3.84. The van der Waals surface area contributed by atoms with Gasteiger partial charge in [0.1, 0.15) is 0 Å². The van der Waals surface area contributed by atoms with E-state index in [0.29, 0.717) is 30.3 Å². The van der Waals surface area contributed by atoms with Gasteiger partial charge in [-0.3, -0.25) is 4.79 Å². The highest BCUT2D eigenvalue weighted by atomic mass is 16.5. The Bertz CT molecular complexity index is 600. The third-order valence-corrected chi connectivity index (χ3v) is 3.84. The molecule has 0 unspecified atom stereocenters. The molecule has 0 aliphatic heterocycles. The maximum atomic E-state index is 11.9. The number of nitrogens with one attached hydrogen (secondary N) is 1. The third kappa shape index (κ3) is 3.73. The van der Waals surface area contributed by atoms with Gasteiger partial charge < -0.3 is 19.4 Å². The fraction of sp³-hybridized carbons (Fsp3) is 0.533. The van der Waals surface area contributed by atoms with E-state index >= 15 is 0 Å². The average molecular weight is 305 g/mol. The summed E-state index contributed by atoms with van der Waals surface area (Å²) in [5.41, 5.74) is 0. The molecule has 7 nitrogen and oxygen atoms in total. The van der Waals surface area contributed by atoms with Crippen LogP contribution in [0.2, 0.25) is 0 Å². The van der Waals surface area contributed by atoms with E-state index in [9.17, 15) is 9.90 Å². The Kier molecular flexibility index (Phi) is 4.53. The Morgan fingerprint density at radius 2 is 2.18 bits per heavy atom. The van der Waals surface area contributed by atoms with Gasteiger partial charge in [0.25, 0.3) is 0 Å². The molecule has 118 valence electrons. The molecule has 0 atom stereocenters. The lowest BCUT2D eigenvalue weighted by Gasteiger charge is -2.26. The first-order valence-corrected chi connectivity index (χ1v) is 7.54. The molecule has 22 heavy (non-hydrogen) atoms. The molecule has 1 aliphatic carbocycles. The summed E-state index contributed by atoms with van der Waals surface area (Å²) >= 11 is 0. The summed E-state index contributed by atoms with van der Waals surface area (Å²) in [6, 6.07) is 3.66. The van der Waals surface area contributed by atoms with Crippen LogP contribution in [-0.2, 0) is 11.2 Å². The minimum atomic E-state index is -0.216. The number of hydrogen-bond donors (Lipinski definition) is 2. The van der Waals surface area contributed by atoms with Gasteiger partial charge in [-0.25, -0.2) is 0 Å². The first kappa shape index (κ1) is 14.8. The van der Waals surface area contributed by atoms with Gasteiger partial charge in [0.15, 0.2) is 5.76 Å². The van der Waals surface area contributed by atoms with Crippen molar-refractivity contribution in [1.82, 2.24) is 15.5 Å². The summed E-state index contributed by atoms with van der Waals surface area (Å²) in [5, 5.41) is 16.3. The van der Waals surface area contributed by atoms with Crippen LogP contribution in [0.3, 0.4) is 0 Å². The quantitative estimate of drug-likeness (QED) is 0.871. The van der Waals surface area contributed by atoms with Crippen molar-refractivity contribution in [2.75, 3.05) is 0 Å². The van der Waals surface area contributed by atoms with Crippen LogP contribution in [0.4, 0.5) is 0 Å². The molecule has 0 aromatic carbocycles. The van der Waals surface area contributed by atoms with Gasteiger partial charge in [0.05, 0.1) is 12.4 Å². The van der Waals surface area contributed by atoms with Gasteiger partial charge >= 0.3 is 0 Å². The highest BCUT2D eigenvalue weighted by molar-refractivity contribution is 5.76. The SMILES string of the molecule is O=C(CCc1nc(-c2ccco2)no1)NC1CCC(O)CC1. The minimum Gasteiger partial charge on any atom is -0.461 e. The molecule has 0 spiro atoms. The van der Waals surface area contributed by atoms with Crippen molar-refractivity contribution in [3.8, 4) is 11.6 Å². The first-order chi connectivity index (χ1) is 10.7. The zero-order valence-corrected chi connectivity index (χ0v) is 12.2. The zero-order valence-electron chi connectivity index (χ0n) is 12.2. The van der Waals surface area contributed by atoms with E-state index in [0.717, 1.165) is 25.7 Å². The lowest BCUT2D eigenvalue weighted by molar-refractivity contribution is -0.122. The number of aryl methyl sites for hydroxylation is 1. The summed E-state index contributed by atoms with van der Waals surface area (Å²) in [6.45, 7) is 0. The second-order valence-corrected chi connectivity index (χ2v) is 5.56. The molecule has 2 aromatic heterocycles. The highest BCUT2D eigenvalue weighted by Crippen LogP contribution is 2.19. The highest BCUT2D eigenvalue weighted by Gasteiger charge is 2.21. The first-order valence-electron chi connectivity index (χ1n) is 7.54. The van der Waals surface area contributed by atoms with E-state index in [1.54, 1.807) is 18.4 Å². The number of aliphatic hydroxyl groups excluding tert-OH is 1. The van der Waals surface area contributed by atoms with Crippen LogP contribution in [0.5, 0.6) is 0 Å². The largest absolute Gasteiger partial charge is 0.461 e. The number of furan rings is 1. The number of carbonyl (C=O) groups excluding carboxylic acids is 1. The van der Waals surface area contributed by atoms with Gasteiger partial charge in [0, 0.05) is 18.9 Å². The maximum absolute atomic E-state index is 11.9. The standard InChI is InChI=1S/C15H19N3O4/c19-11-5-3-10(4-6-11)16-13(20)7-8-14-17-15(18-22-14)12-2-1-9-21-12/h1-2,9-11,19H,3-8H2,(H,16,20). The molecule has 1 fully saturated rings. The van der Waals surface area contributed by atoms with Crippen molar-refractivity contribution in [3.05, 3.63) is 24.3 Å². The summed E-state index contributed by atoms with van der Waals surface area (Å²) < 4.78 is 10.3. The summed E-state index contributed by atoms with van der Waals surface area (Å²) in [7, 11) is 0. The fourth-order valence-corrected chi connectivity index (χ4v) is 2.60. The monoisotopic (exact) mass is 305 g/mol. The van der Waals surface area contributed by atoms with Crippen LogP contribution < -0.4 is 5.32 Å². The van der Waals surface area contributed by atoms with Crippen molar-refractivity contribution < 1.29 is 18.8 Å². The lowest BCUT2D eigenvalue weighted by atomic mass is 9.93. The van der Waals surface area contributed by atoms with Gasteiger partial charge in [-0.15, -0.1) is 0 Å². The molecular weight excluding hydrogens is 286 g/mol. The van der Waals surface area contributed by atoms with Crippen LogP contribution in [-0.4, -0.2) is 33.3 Å². The fourth-order valence-electron chi connectivity index (χ4n) is 2.60. The van der Waals surface area contributed by atoms with E-state index in [-0.39, 0.29) is 18.1 Å². The topological polar surface area (TPSA) is 101 Å². The molecule has 2 N–H and O–H groups in total. The van der Waals surface area contributed by atoms with Crippen LogP contribution in [0.15, 0.2) is 27.3 Å². The molecule has 2 heterocycles. The second kappa shape index (κ2) is 6.74. The van der Waals surface area contributed by atoms with Crippen molar-refractivity contribution in [1.29, 1.82) is 0 Å². The summed E-state index contributed by atoms with van der Waals surface area (Å²) in [4.78, 5) is 16.1. The number of nitrogens with zero attached hydrogens (tertiary/aromatic N) is 2. The van der Waals surface area contributed by atoms with Gasteiger partial charge in [-0.2, -0.15) is 4.98 Å². The number of rotatable bonds is 5. The van der Waals surface area contributed by atoms with E-state index in [4.69, 9.17) is 8.94 Å². The average Bonchev–Trinajstić information content (AvgIpc) is 3.18. The smallest absolute Gasteiger partial charge is 0.238 e. The number of aromatic nitrogens is 2. The molecule has 1 aliphatic rings. The van der Waals surface area contributed by atoms with Gasteiger partial charge in [-0.1, -0.05) is 5.16 Å². The minimum absolute atomic E-state index is 0.0286. The molecule has 7 heteroatoms. The second-order valence-electron chi connectivity index (χ2n) is 5.56. The number of hydrogen-bond acceptors (Lipinski definition) is 6. The predicted molar refractivity (Wildman–Crippen MR) is 76.7 cm³/mol. The van der Waals surface area contributed by atoms with Crippen molar-refractivity contribution in [3.63, 3.8) is 0 Å². The molecule has 0 radical (unpaired) electrons. The van der Waals surface area contributed by atoms with Crippen LogP contribution in [0.1, 0.15) is 38.0 Å². The van der Waals surface area contributed by atoms with E-state index < -0.39 is 0 Å². The van der Waals surface area contributed by atoms with Crippen molar-refractivity contribution >= 4 is 5.91 Å². The summed E-state index contributed by atoms with van der Waals surface area (Å²) in [6.07, 6.45) is 5.19. The Hall–Kier alpha value is -2.15. The summed E-state index contributed by atoms with van der Waals surface area (Å²) in [5.74, 6) is 1.32. The van der Waals surface area contributed by atoms with Gasteiger partial charge in [0.2, 0.25) is 17.6 Å². The predicted octanol–water partition coefficient (Wildman–Crippen LogP) is 1.68. The van der Waals surface area contributed by atoms with E-state index in [1.165, 1.54) is 0 Å². The van der Waals surface area contributed by atoms with E-state index in [1.807, 2.05) is 0 Å². The Labute approximate surface area is 127 Å². The van der Waals surface area contributed by atoms with Crippen molar-refractivity contribution in [2.24, 2.45) is 0 Å². The van der Waals surface area contributed by atoms with Crippen LogP contribution in [0, 0.1) is 0 Å². The zero-order chi connectivity index (χ0) is 15.4. The van der Waals surface area contributed by atoms with Crippen LogP contribution in [0.25, 0.3) is 11.6 Å². The molecule has 0 bridgehead atoms. The van der Waals surface area contributed by atoms with Crippen LogP contribution >= 0.6 is 0 Å². The lowest BCUT2D eigenvalue weighted by Crippen LogP contribution is -2.38. The molecular formula is C15H19N3O4. The van der Waals surface area contributed by atoms with Gasteiger partial charge in [-0.05, 0) is 37.8 Å². The Morgan fingerprint density at radius 1 is 1.36 bits per heavy atom. The number of amides is 1. The van der Waals surface area contributed by atoms with Crippen molar-refractivity contribution in [2.45, 2.75) is 50.7 Å². The van der Waals surface area contributed by atoms with E-state index in [2.05, 4.69) is 15.5 Å². The molecule has 3 rings (SSSR count). The maximum Gasteiger partial charge on any atom is 0.238 e. The normalized spacial score (nSPS) is 21.7. The molecule has 1 amide bonds. The Balaban J connectivity index is 1.45. The number of carbonyl (C=O) groups is 1. The molecule has 0 saturated heterocycles. The molecule has 2 aromatic rings. The number of aliphatic hydroxyl groups is 1. The molecule has 1 saturated carbocycles. The Morgan fingerprint density at radius 3 is 2.91 bits per heavy atom.